The summed E-state index contributed by atoms with van der Waals surface area (Å²) in [5.74, 6) is 0. The number of hydrogen-bond donors (Lipinski definition) is 0. The summed E-state index contributed by atoms with van der Waals surface area (Å²) in [7, 11) is 4.49. The second-order valence-electron chi connectivity index (χ2n) is 10.8. The molecule has 0 unspecified atom stereocenters. The van der Waals surface area contributed by atoms with Gasteiger partial charge < -0.3 is 14.4 Å². The third kappa shape index (κ3) is 6.90. The number of rotatable bonds is 10. The van der Waals surface area contributed by atoms with Crippen LogP contribution in [0.5, 0.6) is 0 Å². The Hall–Kier alpha value is -1.37. The highest BCUT2D eigenvalue weighted by atomic mass is 35.5. The van der Waals surface area contributed by atoms with E-state index in [4.69, 9.17) is 11.6 Å². The number of hydrogen-bond acceptors (Lipinski definition) is 4. The molecule has 0 aliphatic carbocycles. The summed E-state index contributed by atoms with van der Waals surface area (Å²) in [6.07, 6.45) is 5.14. The maximum atomic E-state index is 6.31. The van der Waals surface area contributed by atoms with E-state index < -0.39 is 0 Å². The zero-order valence-electron chi connectivity index (χ0n) is 22.5. The van der Waals surface area contributed by atoms with E-state index in [1.807, 2.05) is 0 Å². The monoisotopic (exact) mass is 499 g/mol. The summed E-state index contributed by atoms with van der Waals surface area (Å²) in [4.78, 5) is 10.2. The number of unbranched alkanes of at least 4 members (excludes halogenated alkanes) is 3. The second-order valence-corrected chi connectivity index (χ2v) is 11.2. The van der Waals surface area contributed by atoms with Gasteiger partial charge in [0.15, 0.2) is 0 Å². The lowest BCUT2D eigenvalue weighted by Gasteiger charge is -2.34. The quantitative estimate of drug-likeness (QED) is 0.418. The van der Waals surface area contributed by atoms with Gasteiger partial charge in [0.2, 0.25) is 0 Å². The Morgan fingerprint density at radius 3 is 1.80 bits per heavy atom. The van der Waals surface area contributed by atoms with Crippen molar-refractivity contribution in [1.82, 2.24) is 24.2 Å². The van der Waals surface area contributed by atoms with Crippen LogP contribution >= 0.6 is 11.6 Å². The highest BCUT2D eigenvalue weighted by Crippen LogP contribution is 2.35. The Morgan fingerprint density at radius 1 is 0.714 bits per heavy atom. The van der Waals surface area contributed by atoms with Gasteiger partial charge in [0.25, 0.3) is 0 Å². The van der Waals surface area contributed by atoms with Crippen LogP contribution in [0.25, 0.3) is 11.3 Å². The molecule has 0 radical (unpaired) electrons. The van der Waals surface area contributed by atoms with E-state index in [2.05, 4.69) is 76.4 Å². The van der Waals surface area contributed by atoms with Crippen LogP contribution in [-0.4, -0.2) is 90.6 Å². The maximum absolute atomic E-state index is 6.31. The van der Waals surface area contributed by atoms with Gasteiger partial charge in [-0.3, -0.25) is 9.80 Å². The fourth-order valence-electron chi connectivity index (χ4n) is 5.61. The highest BCUT2D eigenvalue weighted by Gasteiger charge is 2.26. The first-order valence-corrected chi connectivity index (χ1v) is 14.1. The molecule has 2 fully saturated rings. The minimum Gasteiger partial charge on any atom is -0.344 e. The number of piperazine rings is 2. The molecular weight excluding hydrogens is 454 g/mol. The molecule has 6 heteroatoms. The van der Waals surface area contributed by atoms with E-state index in [0.717, 1.165) is 77.0 Å². The minimum atomic E-state index is 0.810. The van der Waals surface area contributed by atoms with Crippen LogP contribution in [0.15, 0.2) is 24.3 Å². The Balaban J connectivity index is 1.72. The molecule has 1 aromatic heterocycles. The summed E-state index contributed by atoms with van der Waals surface area (Å²) in [6.45, 7) is 17.1. The van der Waals surface area contributed by atoms with Gasteiger partial charge in [-0.05, 0) is 56.3 Å². The topological polar surface area (TPSA) is 17.9 Å². The van der Waals surface area contributed by atoms with E-state index >= 15 is 0 Å². The summed E-state index contributed by atoms with van der Waals surface area (Å²) >= 11 is 6.31. The molecule has 194 valence electrons. The molecule has 0 atom stereocenters. The molecule has 0 N–H and O–H groups in total. The summed E-state index contributed by atoms with van der Waals surface area (Å²) in [5.41, 5.74) is 7.31. The van der Waals surface area contributed by atoms with Crippen molar-refractivity contribution in [2.75, 3.05) is 66.5 Å². The molecule has 2 saturated heterocycles. The second kappa shape index (κ2) is 12.7. The van der Waals surface area contributed by atoms with E-state index in [9.17, 15) is 0 Å². The van der Waals surface area contributed by atoms with Crippen LogP contribution < -0.4 is 0 Å². The number of aromatic nitrogens is 1. The zero-order chi connectivity index (χ0) is 24.8. The van der Waals surface area contributed by atoms with E-state index in [-0.39, 0.29) is 0 Å². The van der Waals surface area contributed by atoms with Crippen molar-refractivity contribution in [2.24, 2.45) is 0 Å². The van der Waals surface area contributed by atoms with Gasteiger partial charge in [0.05, 0.1) is 5.69 Å². The van der Waals surface area contributed by atoms with Crippen molar-refractivity contribution in [3.63, 3.8) is 0 Å². The Bertz CT molecular complexity index is 922. The maximum Gasteiger partial charge on any atom is 0.0531 e. The van der Waals surface area contributed by atoms with E-state index in [1.165, 1.54) is 42.6 Å². The predicted octanol–water partition coefficient (Wildman–Crippen LogP) is 5.19. The van der Waals surface area contributed by atoms with Crippen molar-refractivity contribution >= 4 is 11.6 Å². The minimum absolute atomic E-state index is 0.810. The number of nitrogens with zero attached hydrogens (tertiary/aromatic N) is 5. The van der Waals surface area contributed by atoms with Crippen molar-refractivity contribution in [3.8, 4) is 11.3 Å². The summed E-state index contributed by atoms with van der Waals surface area (Å²) < 4.78 is 2.65. The zero-order valence-corrected chi connectivity index (χ0v) is 23.3. The number of benzene rings is 1. The van der Waals surface area contributed by atoms with Gasteiger partial charge in [0, 0.05) is 82.7 Å². The molecule has 2 aromatic rings. The molecule has 35 heavy (non-hydrogen) atoms. The standard InChI is InChI=1S/C29H46ClN5/c1-5-6-7-8-13-35-24(2)27(22-33-18-14-31(3)15-19-33)28(23-34-20-16-32(4)17-21-34)29(35)25-9-11-26(30)12-10-25/h9-12H,5-8,13-23H2,1-4H3. The van der Waals surface area contributed by atoms with E-state index in [0.29, 0.717) is 0 Å². The van der Waals surface area contributed by atoms with Gasteiger partial charge in [0.1, 0.15) is 0 Å². The number of likely N-dealkylation sites (N-methyl/N-ethyl adjacent to an activating group) is 2. The molecule has 2 aliphatic heterocycles. The lowest BCUT2D eigenvalue weighted by Crippen LogP contribution is -2.45. The normalized spacial score (nSPS) is 19.0. The third-order valence-corrected chi connectivity index (χ3v) is 8.32. The van der Waals surface area contributed by atoms with Gasteiger partial charge in [-0.25, -0.2) is 0 Å². The molecule has 1 aromatic carbocycles. The van der Waals surface area contributed by atoms with Crippen molar-refractivity contribution < 1.29 is 0 Å². The van der Waals surface area contributed by atoms with Crippen molar-refractivity contribution in [3.05, 3.63) is 46.1 Å². The smallest absolute Gasteiger partial charge is 0.0531 e. The van der Waals surface area contributed by atoms with Crippen LogP contribution in [0.2, 0.25) is 5.02 Å². The fraction of sp³-hybridized carbons (Fsp3) is 0.655. The predicted molar refractivity (Wildman–Crippen MR) is 149 cm³/mol. The lowest BCUT2D eigenvalue weighted by molar-refractivity contribution is 0.141. The van der Waals surface area contributed by atoms with Crippen LogP contribution in [0, 0.1) is 6.92 Å². The van der Waals surface area contributed by atoms with Gasteiger partial charge >= 0.3 is 0 Å². The van der Waals surface area contributed by atoms with Crippen LogP contribution in [0.3, 0.4) is 0 Å². The molecule has 5 nitrogen and oxygen atoms in total. The highest BCUT2D eigenvalue weighted by molar-refractivity contribution is 6.30. The molecule has 4 rings (SSSR count). The van der Waals surface area contributed by atoms with Gasteiger partial charge in [-0.1, -0.05) is 49.9 Å². The molecular formula is C29H46ClN5. The van der Waals surface area contributed by atoms with Crippen LogP contribution in [-0.2, 0) is 19.6 Å². The Labute approximate surface area is 218 Å². The van der Waals surface area contributed by atoms with Gasteiger partial charge in [-0.15, -0.1) is 0 Å². The average Bonchev–Trinajstić information content (AvgIpc) is 3.10. The molecule has 0 bridgehead atoms. The summed E-state index contributed by atoms with van der Waals surface area (Å²) in [5, 5.41) is 0.810. The first-order chi connectivity index (χ1) is 17.0. The number of halogens is 1. The molecule has 2 aliphatic rings. The Kier molecular flexibility index (Phi) is 9.71. The Morgan fingerprint density at radius 2 is 1.26 bits per heavy atom. The van der Waals surface area contributed by atoms with Crippen molar-refractivity contribution in [1.29, 1.82) is 0 Å². The fourth-order valence-corrected chi connectivity index (χ4v) is 5.73. The van der Waals surface area contributed by atoms with Crippen LogP contribution in [0.1, 0.15) is 49.4 Å². The average molecular weight is 500 g/mol. The largest absolute Gasteiger partial charge is 0.344 e. The lowest BCUT2D eigenvalue weighted by atomic mass is 10.0. The molecule has 0 spiro atoms. The van der Waals surface area contributed by atoms with E-state index in [1.54, 1.807) is 11.1 Å². The summed E-state index contributed by atoms with van der Waals surface area (Å²) in [6, 6.07) is 8.57. The molecule has 0 amide bonds. The van der Waals surface area contributed by atoms with Gasteiger partial charge in [-0.2, -0.15) is 0 Å². The first kappa shape index (κ1) is 26.7. The van der Waals surface area contributed by atoms with Crippen molar-refractivity contribution in [2.45, 2.75) is 59.2 Å². The van der Waals surface area contributed by atoms with Crippen LogP contribution in [0.4, 0.5) is 0 Å². The SMILES string of the molecule is CCCCCCn1c(C)c(CN2CCN(C)CC2)c(CN2CCN(C)CC2)c1-c1ccc(Cl)cc1. The third-order valence-electron chi connectivity index (χ3n) is 8.07. The molecule has 0 saturated carbocycles. The molecule has 3 heterocycles. The first-order valence-electron chi connectivity index (χ1n) is 13.7.